The fourth-order valence-electron chi connectivity index (χ4n) is 3.74. The van der Waals surface area contributed by atoms with E-state index in [4.69, 9.17) is 4.74 Å². The number of rotatable bonds is 5. The number of carbonyl (C=O) groups excluding carboxylic acids is 2. The van der Waals surface area contributed by atoms with Gasteiger partial charge in [-0.15, -0.1) is 0 Å². The van der Waals surface area contributed by atoms with E-state index < -0.39 is 11.4 Å². The molecule has 7 nitrogen and oxygen atoms in total. The van der Waals surface area contributed by atoms with Gasteiger partial charge in [0.05, 0.1) is 29.9 Å². The van der Waals surface area contributed by atoms with E-state index in [1.165, 1.54) is 0 Å². The van der Waals surface area contributed by atoms with Crippen LogP contribution in [0.1, 0.15) is 42.5 Å². The minimum Gasteiger partial charge on any atom is -0.481 e. The lowest BCUT2D eigenvalue weighted by Gasteiger charge is -2.28. The number of hydrogen-bond donors (Lipinski definition) is 2. The Balaban J connectivity index is 1.72. The van der Waals surface area contributed by atoms with Crippen LogP contribution in [-0.4, -0.2) is 54.1 Å². The van der Waals surface area contributed by atoms with Crippen molar-refractivity contribution in [2.24, 2.45) is 5.41 Å². The van der Waals surface area contributed by atoms with Crippen LogP contribution in [0.25, 0.3) is 0 Å². The largest absolute Gasteiger partial charge is 0.481 e. The molecule has 0 unspecified atom stereocenters. The molecule has 1 aliphatic heterocycles. The summed E-state index contributed by atoms with van der Waals surface area (Å²) < 4.78 is 5.27. The Bertz CT molecular complexity index is 691. The maximum atomic E-state index is 12.7. The van der Waals surface area contributed by atoms with Crippen molar-refractivity contribution in [2.45, 2.75) is 32.1 Å². The number of amides is 2. The number of ether oxygens (including phenoxy) is 1. The average Bonchev–Trinajstić information content (AvgIpc) is 3.12. The Morgan fingerprint density at radius 1 is 1.12 bits per heavy atom. The Hall–Kier alpha value is -2.41. The fraction of sp³-hybridized carbons (Fsp3) is 0.526. The van der Waals surface area contributed by atoms with Crippen LogP contribution in [0.15, 0.2) is 24.3 Å². The summed E-state index contributed by atoms with van der Waals surface area (Å²) in [5, 5.41) is 12.3. The smallest absolute Gasteiger partial charge is 0.310 e. The van der Waals surface area contributed by atoms with Gasteiger partial charge in [-0.05, 0) is 25.0 Å². The SMILES string of the molecule is O=C(CC1(C(=O)O)CCCC1)Nc1ccccc1C(=O)N1CCOCC1. The van der Waals surface area contributed by atoms with Crippen LogP contribution in [0.3, 0.4) is 0 Å². The summed E-state index contributed by atoms with van der Waals surface area (Å²) in [6, 6.07) is 6.84. The predicted octanol–water partition coefficient (Wildman–Crippen LogP) is 2.13. The van der Waals surface area contributed by atoms with Crippen LogP contribution in [0.2, 0.25) is 0 Å². The highest BCUT2D eigenvalue weighted by Crippen LogP contribution is 2.41. The normalized spacial score (nSPS) is 19.2. The number of nitrogens with zero attached hydrogens (tertiary/aromatic N) is 1. The van der Waals surface area contributed by atoms with Gasteiger partial charge >= 0.3 is 5.97 Å². The highest BCUT2D eigenvalue weighted by atomic mass is 16.5. The molecule has 2 fully saturated rings. The third-order valence-corrected chi connectivity index (χ3v) is 5.24. The number of morpholine rings is 1. The molecule has 2 aliphatic rings. The van der Waals surface area contributed by atoms with E-state index >= 15 is 0 Å². The van der Waals surface area contributed by atoms with Gasteiger partial charge < -0.3 is 20.1 Å². The van der Waals surface area contributed by atoms with Gasteiger partial charge in [-0.1, -0.05) is 25.0 Å². The van der Waals surface area contributed by atoms with E-state index in [1.54, 1.807) is 29.2 Å². The monoisotopic (exact) mass is 360 g/mol. The molecule has 0 atom stereocenters. The van der Waals surface area contributed by atoms with Crippen LogP contribution in [0, 0.1) is 5.41 Å². The van der Waals surface area contributed by atoms with Crippen molar-refractivity contribution < 1.29 is 24.2 Å². The molecule has 1 aromatic carbocycles. The number of carboxylic acid groups (broad SMARTS) is 1. The number of para-hydroxylation sites is 1. The maximum Gasteiger partial charge on any atom is 0.310 e. The van der Waals surface area contributed by atoms with Gasteiger partial charge in [0.2, 0.25) is 5.91 Å². The summed E-state index contributed by atoms with van der Waals surface area (Å²) in [6.45, 7) is 2.04. The zero-order valence-electron chi connectivity index (χ0n) is 14.7. The van der Waals surface area contributed by atoms with E-state index in [9.17, 15) is 19.5 Å². The lowest BCUT2D eigenvalue weighted by molar-refractivity contribution is -0.150. The molecule has 1 aliphatic carbocycles. The lowest BCUT2D eigenvalue weighted by Crippen LogP contribution is -2.41. The molecule has 2 N–H and O–H groups in total. The molecule has 26 heavy (non-hydrogen) atoms. The number of aliphatic carboxylic acids is 1. The van der Waals surface area contributed by atoms with Gasteiger partial charge in [-0.25, -0.2) is 0 Å². The molecule has 0 radical (unpaired) electrons. The van der Waals surface area contributed by atoms with Gasteiger partial charge in [-0.3, -0.25) is 14.4 Å². The molecule has 0 spiro atoms. The zero-order valence-corrected chi connectivity index (χ0v) is 14.7. The Morgan fingerprint density at radius 3 is 2.42 bits per heavy atom. The van der Waals surface area contributed by atoms with E-state index in [0.29, 0.717) is 50.4 Å². The van der Waals surface area contributed by atoms with Gasteiger partial charge in [0.25, 0.3) is 5.91 Å². The quantitative estimate of drug-likeness (QED) is 0.839. The van der Waals surface area contributed by atoms with Crippen LogP contribution in [0.4, 0.5) is 5.69 Å². The Morgan fingerprint density at radius 2 is 1.77 bits per heavy atom. The first kappa shape index (κ1) is 18.4. The first-order valence-corrected chi connectivity index (χ1v) is 9.01. The lowest BCUT2D eigenvalue weighted by atomic mass is 9.82. The number of anilines is 1. The van der Waals surface area contributed by atoms with Crippen molar-refractivity contribution in [3.8, 4) is 0 Å². The molecule has 0 aromatic heterocycles. The average molecular weight is 360 g/mol. The standard InChI is InChI=1S/C19H24N2O5/c22-16(13-19(18(24)25)7-3-4-8-19)20-15-6-2-1-5-14(15)17(23)21-9-11-26-12-10-21/h1-2,5-6H,3-4,7-13H2,(H,20,22)(H,24,25). The molecule has 1 heterocycles. The van der Waals surface area contributed by atoms with E-state index in [1.807, 2.05) is 0 Å². The summed E-state index contributed by atoms with van der Waals surface area (Å²) in [4.78, 5) is 38.6. The van der Waals surface area contributed by atoms with Crippen molar-refractivity contribution in [3.63, 3.8) is 0 Å². The number of carboxylic acids is 1. The summed E-state index contributed by atoms with van der Waals surface area (Å²) in [5.74, 6) is -1.43. The van der Waals surface area contributed by atoms with E-state index in [0.717, 1.165) is 12.8 Å². The minimum absolute atomic E-state index is 0.0671. The summed E-state index contributed by atoms with van der Waals surface area (Å²) >= 11 is 0. The predicted molar refractivity (Wildman–Crippen MR) is 94.9 cm³/mol. The Kier molecular flexibility index (Phi) is 5.56. The van der Waals surface area contributed by atoms with E-state index in [-0.39, 0.29) is 18.2 Å². The molecule has 7 heteroatoms. The van der Waals surface area contributed by atoms with Crippen molar-refractivity contribution in [3.05, 3.63) is 29.8 Å². The highest BCUT2D eigenvalue weighted by molar-refractivity contribution is 6.04. The van der Waals surface area contributed by atoms with Gasteiger partial charge in [-0.2, -0.15) is 0 Å². The molecule has 2 amide bonds. The van der Waals surface area contributed by atoms with Gasteiger partial charge in [0.15, 0.2) is 0 Å². The topological polar surface area (TPSA) is 95.9 Å². The molecular formula is C19H24N2O5. The summed E-state index contributed by atoms with van der Waals surface area (Å²) in [6.07, 6.45) is 2.62. The van der Waals surface area contributed by atoms with Crippen LogP contribution in [0.5, 0.6) is 0 Å². The number of carbonyl (C=O) groups is 3. The van der Waals surface area contributed by atoms with Gasteiger partial charge in [0.1, 0.15) is 0 Å². The minimum atomic E-state index is -0.979. The second-order valence-electron chi connectivity index (χ2n) is 6.97. The molecule has 0 bridgehead atoms. The second-order valence-corrected chi connectivity index (χ2v) is 6.97. The first-order valence-electron chi connectivity index (χ1n) is 9.01. The van der Waals surface area contributed by atoms with Crippen molar-refractivity contribution in [1.82, 2.24) is 4.90 Å². The first-order chi connectivity index (χ1) is 12.5. The summed E-state index contributed by atoms with van der Waals surface area (Å²) in [7, 11) is 0. The number of benzene rings is 1. The molecule has 1 aromatic rings. The van der Waals surface area contributed by atoms with Crippen molar-refractivity contribution in [1.29, 1.82) is 0 Å². The number of hydrogen-bond acceptors (Lipinski definition) is 4. The third-order valence-electron chi connectivity index (χ3n) is 5.24. The second kappa shape index (κ2) is 7.86. The zero-order chi connectivity index (χ0) is 18.6. The van der Waals surface area contributed by atoms with Crippen LogP contribution < -0.4 is 5.32 Å². The number of nitrogens with one attached hydrogen (secondary N) is 1. The van der Waals surface area contributed by atoms with E-state index in [2.05, 4.69) is 5.32 Å². The molecule has 1 saturated heterocycles. The van der Waals surface area contributed by atoms with Crippen LogP contribution in [-0.2, 0) is 14.3 Å². The van der Waals surface area contributed by atoms with Gasteiger partial charge in [0, 0.05) is 19.5 Å². The molecular weight excluding hydrogens is 336 g/mol. The Labute approximate surface area is 152 Å². The van der Waals surface area contributed by atoms with Crippen molar-refractivity contribution >= 4 is 23.5 Å². The fourth-order valence-corrected chi connectivity index (χ4v) is 3.74. The molecule has 1 saturated carbocycles. The summed E-state index contributed by atoms with van der Waals surface area (Å²) in [5.41, 5.74) is -0.140. The highest BCUT2D eigenvalue weighted by Gasteiger charge is 2.43. The van der Waals surface area contributed by atoms with Crippen LogP contribution >= 0.6 is 0 Å². The molecule has 3 rings (SSSR count). The molecule has 140 valence electrons. The maximum absolute atomic E-state index is 12.7. The van der Waals surface area contributed by atoms with Crippen molar-refractivity contribution in [2.75, 3.05) is 31.6 Å². The third kappa shape index (κ3) is 3.88.